The standard InChI is InChI=1S/C14H23Br/c15-14-8-4-7-13(11-14)10-9-12-5-2-1-3-6-12/h9-10,12-14H,1-8,11H2/b10-9+. The van der Waals surface area contributed by atoms with E-state index < -0.39 is 0 Å². The maximum absolute atomic E-state index is 3.76. The van der Waals surface area contributed by atoms with E-state index in [-0.39, 0.29) is 0 Å². The fourth-order valence-electron chi connectivity index (χ4n) is 2.98. The van der Waals surface area contributed by atoms with Crippen molar-refractivity contribution >= 4 is 15.9 Å². The second-order valence-corrected chi connectivity index (χ2v) is 6.60. The van der Waals surface area contributed by atoms with Crippen molar-refractivity contribution in [3.05, 3.63) is 12.2 Å². The zero-order valence-electron chi connectivity index (χ0n) is 9.63. The summed E-state index contributed by atoms with van der Waals surface area (Å²) in [5, 5.41) is 0. The molecule has 15 heavy (non-hydrogen) atoms. The summed E-state index contributed by atoms with van der Waals surface area (Å²) in [4.78, 5) is 0.784. The van der Waals surface area contributed by atoms with Gasteiger partial charge in [-0.15, -0.1) is 0 Å². The van der Waals surface area contributed by atoms with Gasteiger partial charge in [-0.2, -0.15) is 0 Å². The summed E-state index contributed by atoms with van der Waals surface area (Å²) in [6, 6.07) is 0. The van der Waals surface area contributed by atoms with Crippen LogP contribution in [-0.4, -0.2) is 4.83 Å². The van der Waals surface area contributed by atoms with Gasteiger partial charge in [0.2, 0.25) is 0 Å². The molecule has 2 aliphatic carbocycles. The van der Waals surface area contributed by atoms with E-state index in [1.54, 1.807) is 0 Å². The molecule has 2 atom stereocenters. The molecular formula is C14H23Br. The number of hydrogen-bond acceptors (Lipinski definition) is 0. The maximum Gasteiger partial charge on any atom is 0.0151 e. The summed E-state index contributed by atoms with van der Waals surface area (Å²) >= 11 is 3.76. The van der Waals surface area contributed by atoms with Gasteiger partial charge in [0.25, 0.3) is 0 Å². The lowest BCUT2D eigenvalue weighted by Crippen LogP contribution is -2.13. The fraction of sp³-hybridized carbons (Fsp3) is 0.857. The van der Waals surface area contributed by atoms with Gasteiger partial charge in [0, 0.05) is 4.83 Å². The van der Waals surface area contributed by atoms with E-state index in [0.29, 0.717) is 0 Å². The largest absolute Gasteiger partial charge is 0.0890 e. The summed E-state index contributed by atoms with van der Waals surface area (Å²) in [6.45, 7) is 0. The Balaban J connectivity index is 1.76. The molecule has 0 spiro atoms. The van der Waals surface area contributed by atoms with Crippen molar-refractivity contribution in [1.29, 1.82) is 0 Å². The zero-order valence-corrected chi connectivity index (χ0v) is 11.2. The van der Waals surface area contributed by atoms with Gasteiger partial charge in [-0.25, -0.2) is 0 Å². The molecule has 0 saturated heterocycles. The molecule has 0 nitrogen and oxygen atoms in total. The van der Waals surface area contributed by atoms with Crippen LogP contribution >= 0.6 is 15.9 Å². The minimum absolute atomic E-state index is 0.784. The van der Waals surface area contributed by atoms with E-state index in [4.69, 9.17) is 0 Å². The molecule has 0 aromatic heterocycles. The van der Waals surface area contributed by atoms with Gasteiger partial charge < -0.3 is 0 Å². The summed E-state index contributed by atoms with van der Waals surface area (Å²) in [5.74, 6) is 1.78. The average Bonchev–Trinajstić information content (AvgIpc) is 2.28. The van der Waals surface area contributed by atoms with Gasteiger partial charge >= 0.3 is 0 Å². The molecule has 0 aromatic rings. The van der Waals surface area contributed by atoms with Crippen LogP contribution in [0.4, 0.5) is 0 Å². The lowest BCUT2D eigenvalue weighted by Gasteiger charge is -2.24. The number of hydrogen-bond donors (Lipinski definition) is 0. The highest BCUT2D eigenvalue weighted by atomic mass is 79.9. The van der Waals surface area contributed by atoms with Crippen LogP contribution in [0.2, 0.25) is 0 Å². The van der Waals surface area contributed by atoms with Crippen molar-refractivity contribution in [2.45, 2.75) is 62.6 Å². The van der Waals surface area contributed by atoms with Crippen LogP contribution in [0, 0.1) is 11.8 Å². The number of rotatable bonds is 2. The summed E-state index contributed by atoms with van der Waals surface area (Å²) in [6.07, 6.45) is 17.9. The minimum atomic E-state index is 0.784. The Morgan fingerprint density at radius 3 is 2.13 bits per heavy atom. The van der Waals surface area contributed by atoms with Crippen molar-refractivity contribution in [3.8, 4) is 0 Å². The van der Waals surface area contributed by atoms with Crippen molar-refractivity contribution in [2.75, 3.05) is 0 Å². The van der Waals surface area contributed by atoms with E-state index in [2.05, 4.69) is 28.1 Å². The Labute approximate surface area is 103 Å². The Kier molecular flexibility index (Phi) is 4.74. The third-order valence-corrected chi connectivity index (χ3v) is 4.79. The molecule has 0 aliphatic heterocycles. The smallest absolute Gasteiger partial charge is 0.0151 e. The molecule has 2 rings (SSSR count). The molecule has 86 valence electrons. The topological polar surface area (TPSA) is 0 Å². The first-order valence-electron chi connectivity index (χ1n) is 6.67. The molecule has 2 fully saturated rings. The van der Waals surface area contributed by atoms with Crippen LogP contribution in [0.5, 0.6) is 0 Å². The average molecular weight is 271 g/mol. The Morgan fingerprint density at radius 1 is 0.733 bits per heavy atom. The second kappa shape index (κ2) is 6.08. The maximum atomic E-state index is 3.76. The van der Waals surface area contributed by atoms with Gasteiger partial charge in [0.15, 0.2) is 0 Å². The van der Waals surface area contributed by atoms with E-state index in [1.165, 1.54) is 57.8 Å². The van der Waals surface area contributed by atoms with Gasteiger partial charge in [-0.1, -0.05) is 53.8 Å². The first kappa shape index (κ1) is 11.7. The Bertz CT molecular complexity index is 203. The molecule has 2 saturated carbocycles. The highest BCUT2D eigenvalue weighted by Crippen LogP contribution is 2.31. The first-order chi connectivity index (χ1) is 7.34. The van der Waals surface area contributed by atoms with Crippen LogP contribution < -0.4 is 0 Å². The van der Waals surface area contributed by atoms with E-state index in [9.17, 15) is 0 Å². The molecule has 0 N–H and O–H groups in total. The molecule has 0 amide bonds. The van der Waals surface area contributed by atoms with E-state index in [0.717, 1.165) is 16.7 Å². The molecule has 0 heterocycles. The van der Waals surface area contributed by atoms with Crippen molar-refractivity contribution < 1.29 is 0 Å². The third kappa shape index (κ3) is 3.94. The van der Waals surface area contributed by atoms with Gasteiger partial charge in [-0.05, 0) is 43.9 Å². The van der Waals surface area contributed by atoms with Crippen LogP contribution in [-0.2, 0) is 0 Å². The van der Waals surface area contributed by atoms with Gasteiger partial charge in [0.05, 0.1) is 0 Å². The van der Waals surface area contributed by atoms with Crippen LogP contribution in [0.1, 0.15) is 57.8 Å². The zero-order chi connectivity index (χ0) is 10.5. The predicted molar refractivity (Wildman–Crippen MR) is 70.4 cm³/mol. The van der Waals surface area contributed by atoms with Crippen molar-refractivity contribution in [3.63, 3.8) is 0 Å². The molecular weight excluding hydrogens is 248 g/mol. The summed E-state index contributed by atoms with van der Waals surface area (Å²) in [7, 11) is 0. The predicted octanol–water partition coefficient (Wildman–Crippen LogP) is 5.08. The van der Waals surface area contributed by atoms with Gasteiger partial charge in [-0.3, -0.25) is 0 Å². The SMILES string of the molecule is BrC1CCCC(/C=C/C2CCCCC2)C1. The van der Waals surface area contributed by atoms with Crippen LogP contribution in [0.15, 0.2) is 12.2 Å². The fourth-order valence-corrected chi connectivity index (χ4v) is 3.79. The highest BCUT2D eigenvalue weighted by molar-refractivity contribution is 9.09. The quantitative estimate of drug-likeness (QED) is 0.485. The number of allylic oxidation sites excluding steroid dienone is 2. The van der Waals surface area contributed by atoms with Crippen LogP contribution in [0.25, 0.3) is 0 Å². The molecule has 0 radical (unpaired) electrons. The normalized spacial score (nSPS) is 34.7. The minimum Gasteiger partial charge on any atom is -0.0890 e. The monoisotopic (exact) mass is 270 g/mol. The summed E-state index contributed by atoms with van der Waals surface area (Å²) in [5.41, 5.74) is 0. The second-order valence-electron chi connectivity index (χ2n) is 5.31. The highest BCUT2D eigenvalue weighted by Gasteiger charge is 2.18. The van der Waals surface area contributed by atoms with E-state index >= 15 is 0 Å². The molecule has 1 heteroatoms. The Hall–Kier alpha value is 0.220. The number of alkyl halides is 1. The summed E-state index contributed by atoms with van der Waals surface area (Å²) < 4.78 is 0. The van der Waals surface area contributed by atoms with Crippen molar-refractivity contribution in [1.82, 2.24) is 0 Å². The van der Waals surface area contributed by atoms with Crippen molar-refractivity contribution in [2.24, 2.45) is 11.8 Å². The lowest BCUT2D eigenvalue weighted by atomic mass is 9.85. The lowest BCUT2D eigenvalue weighted by molar-refractivity contribution is 0.406. The molecule has 0 bridgehead atoms. The van der Waals surface area contributed by atoms with Crippen LogP contribution in [0.3, 0.4) is 0 Å². The van der Waals surface area contributed by atoms with Gasteiger partial charge in [0.1, 0.15) is 0 Å². The molecule has 2 unspecified atom stereocenters. The third-order valence-electron chi connectivity index (χ3n) is 3.96. The first-order valence-corrected chi connectivity index (χ1v) is 7.58. The molecule has 2 aliphatic rings. The molecule has 0 aromatic carbocycles. The number of halogens is 1. The Morgan fingerprint density at radius 2 is 1.40 bits per heavy atom. The van der Waals surface area contributed by atoms with E-state index in [1.807, 2.05) is 0 Å².